The first-order valence-electron chi connectivity index (χ1n) is 8.97. The topological polar surface area (TPSA) is 49.7 Å². The van der Waals surface area contributed by atoms with Crippen molar-refractivity contribution in [3.8, 4) is 0 Å². The van der Waals surface area contributed by atoms with E-state index < -0.39 is 36.6 Å². The van der Waals surface area contributed by atoms with Crippen LogP contribution in [0.25, 0.3) is 0 Å². The van der Waals surface area contributed by atoms with Gasteiger partial charge in [-0.1, -0.05) is 13.8 Å². The van der Waals surface area contributed by atoms with E-state index in [9.17, 15) is 36.6 Å². The van der Waals surface area contributed by atoms with Crippen LogP contribution in [-0.2, 0) is 4.74 Å². The Morgan fingerprint density at radius 2 is 1.65 bits per heavy atom. The molecule has 0 amide bonds. The maximum absolute atomic E-state index is 12.9. The second-order valence-corrected chi connectivity index (χ2v) is 7.83. The van der Waals surface area contributed by atoms with E-state index in [0.717, 1.165) is 6.42 Å². The lowest BCUT2D eigenvalue weighted by Crippen LogP contribution is -2.58. The van der Waals surface area contributed by atoms with Crippen LogP contribution in [0.15, 0.2) is 0 Å². The average Bonchev–Trinajstić information content (AvgIpc) is 3.05. The molecule has 26 heavy (non-hydrogen) atoms. The van der Waals surface area contributed by atoms with Crippen molar-refractivity contribution in [2.24, 2.45) is 29.6 Å². The number of alkyl halides is 6. The molecule has 2 rings (SSSR count). The summed E-state index contributed by atoms with van der Waals surface area (Å²) in [7, 11) is 0. The minimum atomic E-state index is -5.77. The number of fused-ring (bicyclic) bond motifs is 2. The van der Waals surface area contributed by atoms with E-state index in [2.05, 4.69) is 0 Å². The number of ether oxygens (including phenoxy) is 1. The molecule has 0 heterocycles. The molecule has 0 aromatic heterocycles. The fraction of sp³-hybridized carbons (Fsp3) is 1.00. The van der Waals surface area contributed by atoms with Gasteiger partial charge in [0.2, 0.25) is 0 Å². The monoisotopic (exact) mass is 392 g/mol. The summed E-state index contributed by atoms with van der Waals surface area (Å²) < 4.78 is 83.1. The Morgan fingerprint density at radius 1 is 1.08 bits per heavy atom. The maximum atomic E-state index is 12.9. The van der Waals surface area contributed by atoms with Crippen molar-refractivity contribution in [1.29, 1.82) is 0 Å². The first-order valence-corrected chi connectivity index (χ1v) is 8.97. The summed E-state index contributed by atoms with van der Waals surface area (Å²) in [6, 6.07) is 0. The number of halogens is 6. The van der Waals surface area contributed by atoms with Crippen molar-refractivity contribution in [1.82, 2.24) is 0 Å². The Balaban J connectivity index is 2.05. The van der Waals surface area contributed by atoms with Gasteiger partial charge in [-0.2, -0.15) is 26.3 Å². The van der Waals surface area contributed by atoms with Crippen LogP contribution in [0.5, 0.6) is 0 Å². The number of aliphatic hydroxyl groups excluding tert-OH is 1. The molecular formula is C17H26F6O3. The van der Waals surface area contributed by atoms with Crippen molar-refractivity contribution in [3.05, 3.63) is 0 Å². The lowest BCUT2D eigenvalue weighted by molar-refractivity contribution is -0.373. The van der Waals surface area contributed by atoms with E-state index in [1.54, 1.807) is 6.92 Å². The molecule has 3 nitrogen and oxygen atoms in total. The first-order chi connectivity index (χ1) is 11.8. The molecule has 0 aliphatic heterocycles. The van der Waals surface area contributed by atoms with Gasteiger partial charge in [-0.15, -0.1) is 0 Å². The van der Waals surface area contributed by atoms with Crippen LogP contribution in [0, 0.1) is 29.6 Å². The summed E-state index contributed by atoms with van der Waals surface area (Å²) in [5, 5.41) is 19.3. The fourth-order valence-electron chi connectivity index (χ4n) is 4.47. The van der Waals surface area contributed by atoms with Gasteiger partial charge in [-0.05, 0) is 55.8 Å². The van der Waals surface area contributed by atoms with E-state index in [1.807, 2.05) is 6.92 Å². The minimum Gasteiger partial charge on any atom is -0.374 e. The van der Waals surface area contributed by atoms with Crippen molar-refractivity contribution < 1.29 is 41.3 Å². The van der Waals surface area contributed by atoms with E-state index >= 15 is 0 Å². The van der Waals surface area contributed by atoms with Crippen LogP contribution in [0.4, 0.5) is 26.3 Å². The maximum Gasteiger partial charge on any atom is 0.426 e. The summed E-state index contributed by atoms with van der Waals surface area (Å²) in [5.74, 6) is -1.54. The predicted octanol–water partition coefficient (Wildman–Crippen LogP) is 4.28. The molecule has 2 N–H and O–H groups in total. The zero-order valence-corrected chi connectivity index (χ0v) is 14.8. The predicted molar refractivity (Wildman–Crippen MR) is 80.9 cm³/mol. The highest BCUT2D eigenvalue weighted by Gasteiger charge is 2.71. The van der Waals surface area contributed by atoms with Crippen LogP contribution >= 0.6 is 0 Å². The van der Waals surface area contributed by atoms with Crippen molar-refractivity contribution in [2.45, 2.75) is 70.2 Å². The normalized spacial score (nSPS) is 32.1. The van der Waals surface area contributed by atoms with Crippen molar-refractivity contribution in [2.75, 3.05) is 6.61 Å². The number of hydrogen-bond donors (Lipinski definition) is 2. The van der Waals surface area contributed by atoms with Gasteiger partial charge in [-0.3, -0.25) is 0 Å². The lowest BCUT2D eigenvalue weighted by Gasteiger charge is -2.36. The highest BCUT2D eigenvalue weighted by molar-refractivity contribution is 5.03. The zero-order valence-electron chi connectivity index (χ0n) is 14.8. The molecule has 0 aromatic rings. The Kier molecular flexibility index (Phi) is 6.25. The molecule has 6 atom stereocenters. The van der Waals surface area contributed by atoms with Crippen molar-refractivity contribution in [3.63, 3.8) is 0 Å². The smallest absolute Gasteiger partial charge is 0.374 e. The fourth-order valence-corrected chi connectivity index (χ4v) is 4.47. The first kappa shape index (κ1) is 21.8. The van der Waals surface area contributed by atoms with Gasteiger partial charge in [0, 0.05) is 5.92 Å². The zero-order chi connectivity index (χ0) is 19.9. The summed E-state index contributed by atoms with van der Waals surface area (Å²) in [4.78, 5) is 0. The third-order valence-electron chi connectivity index (χ3n) is 6.32. The molecule has 2 aliphatic carbocycles. The van der Waals surface area contributed by atoms with Crippen LogP contribution in [0.3, 0.4) is 0 Å². The molecule has 2 bridgehead atoms. The van der Waals surface area contributed by atoms with Crippen LogP contribution in [0.1, 0.15) is 46.0 Å². The van der Waals surface area contributed by atoms with Crippen LogP contribution in [0.2, 0.25) is 0 Å². The Labute approximate surface area is 148 Å². The molecule has 0 spiro atoms. The van der Waals surface area contributed by atoms with Gasteiger partial charge in [0.1, 0.15) is 0 Å². The third kappa shape index (κ3) is 3.99. The molecule has 2 fully saturated rings. The van der Waals surface area contributed by atoms with E-state index in [1.165, 1.54) is 0 Å². The summed E-state index contributed by atoms with van der Waals surface area (Å²) >= 11 is 0. The highest BCUT2D eigenvalue weighted by atomic mass is 19.4. The largest absolute Gasteiger partial charge is 0.426 e. The van der Waals surface area contributed by atoms with Gasteiger partial charge < -0.3 is 14.9 Å². The van der Waals surface area contributed by atoms with E-state index in [0.29, 0.717) is 12.8 Å². The quantitative estimate of drug-likeness (QED) is 0.502. The molecule has 0 radical (unpaired) electrons. The minimum absolute atomic E-state index is 0.0279. The molecule has 9 heteroatoms. The summed E-state index contributed by atoms with van der Waals surface area (Å²) in [6.07, 6.45) is -11.8. The van der Waals surface area contributed by atoms with Gasteiger partial charge in [0.05, 0.1) is 6.61 Å². The summed E-state index contributed by atoms with van der Waals surface area (Å²) in [6.45, 7) is 3.79. The van der Waals surface area contributed by atoms with E-state index in [4.69, 9.17) is 4.74 Å². The molecule has 6 unspecified atom stereocenters. The van der Waals surface area contributed by atoms with Gasteiger partial charge >= 0.3 is 12.4 Å². The third-order valence-corrected chi connectivity index (χ3v) is 6.32. The van der Waals surface area contributed by atoms with E-state index in [-0.39, 0.29) is 36.7 Å². The van der Waals surface area contributed by atoms with Crippen molar-refractivity contribution >= 4 is 0 Å². The summed E-state index contributed by atoms with van der Waals surface area (Å²) in [5.41, 5.74) is -4.68. The second-order valence-electron chi connectivity index (χ2n) is 7.83. The lowest BCUT2D eigenvalue weighted by atomic mass is 9.79. The Hall–Kier alpha value is -0.540. The van der Waals surface area contributed by atoms with Gasteiger partial charge in [0.25, 0.3) is 5.60 Å². The molecule has 154 valence electrons. The van der Waals surface area contributed by atoms with Gasteiger partial charge in [0.15, 0.2) is 6.29 Å². The molecule has 2 saturated carbocycles. The Bertz CT molecular complexity index is 464. The molecule has 2 aliphatic rings. The van der Waals surface area contributed by atoms with Gasteiger partial charge in [-0.25, -0.2) is 0 Å². The average molecular weight is 392 g/mol. The Morgan fingerprint density at radius 3 is 2.15 bits per heavy atom. The second kappa shape index (κ2) is 7.47. The molecular weight excluding hydrogens is 366 g/mol. The molecule has 0 saturated heterocycles. The molecule has 0 aromatic carbocycles. The van der Waals surface area contributed by atoms with Crippen LogP contribution in [-0.4, -0.2) is 41.1 Å². The number of rotatable bonds is 7. The number of aliphatic hydroxyl groups is 2. The SMILES string of the molecule is CCC(C)C(O)OCC1C2CCC1C(CC(O)(C(F)(F)F)C(F)(F)F)C2. The highest BCUT2D eigenvalue weighted by Crippen LogP contribution is 2.58. The number of hydrogen-bond acceptors (Lipinski definition) is 3. The standard InChI is InChI=1S/C17H26F6O3/c1-3-9(2)14(24)26-8-13-10-4-5-12(13)11(6-10)7-15(25,16(18,19)20)17(21,22)23/h9-14,24-25H,3-8H2,1-2H3. The van der Waals surface area contributed by atoms with Crippen LogP contribution < -0.4 is 0 Å².